The first-order valence-electron chi connectivity index (χ1n) is 7.46. The molecule has 1 unspecified atom stereocenters. The third kappa shape index (κ3) is 3.32. The van der Waals surface area contributed by atoms with Crippen LogP contribution in [0.2, 0.25) is 0 Å². The molecule has 0 aromatic carbocycles. The van der Waals surface area contributed by atoms with Crippen molar-refractivity contribution in [3.63, 3.8) is 0 Å². The average Bonchev–Trinajstić information content (AvgIpc) is 2.75. The maximum absolute atomic E-state index is 6.28. The molecule has 2 heterocycles. The Kier molecular flexibility index (Phi) is 5.03. The van der Waals surface area contributed by atoms with Crippen LogP contribution in [0.15, 0.2) is 12.3 Å². The van der Waals surface area contributed by atoms with Crippen LogP contribution in [0.3, 0.4) is 0 Å². The van der Waals surface area contributed by atoms with E-state index in [2.05, 4.69) is 30.3 Å². The fourth-order valence-corrected chi connectivity index (χ4v) is 2.67. The molecule has 0 saturated heterocycles. The maximum Gasteiger partial charge on any atom is 0.160 e. The fourth-order valence-electron chi connectivity index (χ4n) is 2.50. The highest BCUT2D eigenvalue weighted by Gasteiger charge is 2.16. The molecule has 3 nitrogen and oxygen atoms in total. The van der Waals surface area contributed by atoms with Gasteiger partial charge >= 0.3 is 0 Å². The van der Waals surface area contributed by atoms with Crippen LogP contribution in [0.1, 0.15) is 56.8 Å². The first-order chi connectivity index (χ1) is 9.50. The molecule has 4 heteroatoms. The molecule has 0 aliphatic heterocycles. The van der Waals surface area contributed by atoms with Crippen LogP contribution < -0.4 is 0 Å². The summed E-state index contributed by atoms with van der Waals surface area (Å²) in [5.74, 6) is 1.70. The van der Waals surface area contributed by atoms with Crippen LogP contribution in [-0.4, -0.2) is 14.5 Å². The van der Waals surface area contributed by atoms with Crippen LogP contribution in [0.5, 0.6) is 0 Å². The van der Waals surface area contributed by atoms with Crippen molar-refractivity contribution in [1.29, 1.82) is 0 Å². The fraction of sp³-hybridized carbons (Fsp3) is 0.625. The number of rotatable bonds is 6. The first-order valence-corrected chi connectivity index (χ1v) is 7.90. The second kappa shape index (κ2) is 6.57. The zero-order valence-corrected chi connectivity index (χ0v) is 13.6. The van der Waals surface area contributed by atoms with Gasteiger partial charge in [-0.1, -0.05) is 26.7 Å². The zero-order valence-electron chi connectivity index (χ0n) is 12.9. The van der Waals surface area contributed by atoms with Crippen LogP contribution in [-0.2, 0) is 6.54 Å². The van der Waals surface area contributed by atoms with Gasteiger partial charge in [0.05, 0.1) is 5.38 Å². The van der Waals surface area contributed by atoms with Crippen molar-refractivity contribution in [2.45, 2.75) is 58.9 Å². The highest BCUT2D eigenvalue weighted by atomic mass is 35.5. The standard InChI is InChI=1S/C16H24ClN3/c1-11(2)7-5-6-10-20-15(13(4)17)19-14-12(3)8-9-18-16(14)20/h8-9,11,13H,5-7,10H2,1-4H3. The maximum atomic E-state index is 6.28. The van der Waals surface area contributed by atoms with Crippen LogP contribution in [0.4, 0.5) is 0 Å². The minimum Gasteiger partial charge on any atom is -0.311 e. The van der Waals surface area contributed by atoms with Crippen molar-refractivity contribution in [2.24, 2.45) is 5.92 Å². The Hall–Kier alpha value is -1.09. The van der Waals surface area contributed by atoms with Crippen molar-refractivity contribution < 1.29 is 0 Å². The van der Waals surface area contributed by atoms with Gasteiger partial charge in [0.2, 0.25) is 0 Å². The number of hydrogen-bond donors (Lipinski definition) is 0. The molecule has 0 fully saturated rings. The van der Waals surface area contributed by atoms with Gasteiger partial charge in [0.25, 0.3) is 0 Å². The molecule has 2 aromatic heterocycles. The number of alkyl halides is 1. The first kappa shape index (κ1) is 15.3. The second-order valence-corrected chi connectivity index (χ2v) is 6.58. The Morgan fingerprint density at radius 1 is 1.25 bits per heavy atom. The highest BCUT2D eigenvalue weighted by Crippen LogP contribution is 2.25. The SMILES string of the molecule is Cc1ccnc2c1nc(C(C)Cl)n2CCCCC(C)C. The summed E-state index contributed by atoms with van der Waals surface area (Å²) in [6.45, 7) is 9.53. The van der Waals surface area contributed by atoms with E-state index < -0.39 is 0 Å². The van der Waals surface area contributed by atoms with E-state index in [0.29, 0.717) is 0 Å². The molecule has 110 valence electrons. The Bertz CT molecular complexity index is 572. The van der Waals surface area contributed by atoms with Crippen molar-refractivity contribution in [1.82, 2.24) is 14.5 Å². The zero-order chi connectivity index (χ0) is 14.7. The van der Waals surface area contributed by atoms with Gasteiger partial charge in [0, 0.05) is 12.7 Å². The number of fused-ring (bicyclic) bond motifs is 1. The van der Waals surface area contributed by atoms with Crippen LogP contribution >= 0.6 is 11.6 Å². The van der Waals surface area contributed by atoms with Gasteiger partial charge in [-0.2, -0.15) is 0 Å². The number of aromatic nitrogens is 3. The Balaban J connectivity index is 2.25. The van der Waals surface area contributed by atoms with Crippen molar-refractivity contribution >= 4 is 22.8 Å². The normalized spacial score (nSPS) is 13.3. The predicted octanol–water partition coefficient (Wildman–Crippen LogP) is 4.87. The third-order valence-electron chi connectivity index (χ3n) is 3.63. The molecular formula is C16H24ClN3. The average molecular weight is 294 g/mol. The quantitative estimate of drug-likeness (QED) is 0.562. The van der Waals surface area contributed by atoms with E-state index in [-0.39, 0.29) is 5.38 Å². The van der Waals surface area contributed by atoms with Gasteiger partial charge in [0.15, 0.2) is 5.65 Å². The molecule has 0 saturated carbocycles. The van der Waals surface area contributed by atoms with Gasteiger partial charge < -0.3 is 4.57 Å². The van der Waals surface area contributed by atoms with Gasteiger partial charge in [-0.15, -0.1) is 11.6 Å². The molecule has 0 bridgehead atoms. The molecular weight excluding hydrogens is 270 g/mol. The van der Waals surface area contributed by atoms with Gasteiger partial charge in [-0.25, -0.2) is 9.97 Å². The van der Waals surface area contributed by atoms with E-state index in [1.165, 1.54) is 12.8 Å². The van der Waals surface area contributed by atoms with E-state index in [9.17, 15) is 0 Å². The van der Waals surface area contributed by atoms with Crippen molar-refractivity contribution in [3.05, 3.63) is 23.7 Å². The number of pyridine rings is 1. The smallest absolute Gasteiger partial charge is 0.160 e. The number of aryl methyl sites for hydroxylation is 2. The molecule has 0 spiro atoms. The minimum absolute atomic E-state index is 0.0892. The molecule has 0 aliphatic carbocycles. The monoisotopic (exact) mass is 293 g/mol. The lowest BCUT2D eigenvalue weighted by atomic mass is 10.1. The molecule has 2 aromatic rings. The highest BCUT2D eigenvalue weighted by molar-refractivity contribution is 6.20. The number of nitrogens with zero attached hydrogens (tertiary/aromatic N) is 3. The summed E-state index contributed by atoms with van der Waals surface area (Å²) in [6, 6.07) is 2.00. The lowest BCUT2D eigenvalue weighted by Crippen LogP contribution is -2.06. The third-order valence-corrected chi connectivity index (χ3v) is 3.83. The van der Waals surface area contributed by atoms with Crippen LogP contribution in [0.25, 0.3) is 11.2 Å². The van der Waals surface area contributed by atoms with Gasteiger partial charge in [-0.3, -0.25) is 0 Å². The molecule has 1 atom stereocenters. The molecule has 0 aliphatic rings. The Morgan fingerprint density at radius 3 is 2.65 bits per heavy atom. The molecule has 0 N–H and O–H groups in total. The summed E-state index contributed by atoms with van der Waals surface area (Å²) in [7, 11) is 0. The largest absolute Gasteiger partial charge is 0.311 e. The number of halogens is 1. The lowest BCUT2D eigenvalue weighted by Gasteiger charge is -2.10. The Labute approximate surface area is 126 Å². The number of unbranched alkanes of at least 4 members (excludes halogenated alkanes) is 1. The summed E-state index contributed by atoms with van der Waals surface area (Å²) >= 11 is 6.28. The van der Waals surface area contributed by atoms with Crippen molar-refractivity contribution in [2.75, 3.05) is 0 Å². The topological polar surface area (TPSA) is 30.7 Å². The van der Waals surface area contributed by atoms with E-state index in [4.69, 9.17) is 16.6 Å². The molecule has 2 rings (SSSR count). The second-order valence-electron chi connectivity index (χ2n) is 5.93. The summed E-state index contributed by atoms with van der Waals surface area (Å²) in [4.78, 5) is 9.19. The summed E-state index contributed by atoms with van der Waals surface area (Å²) in [6.07, 6.45) is 5.51. The summed E-state index contributed by atoms with van der Waals surface area (Å²) in [5, 5.41) is -0.0892. The number of imidazole rings is 1. The van der Waals surface area contributed by atoms with Gasteiger partial charge in [-0.05, 0) is 37.8 Å². The van der Waals surface area contributed by atoms with Gasteiger partial charge in [0.1, 0.15) is 11.3 Å². The molecule has 20 heavy (non-hydrogen) atoms. The molecule has 0 radical (unpaired) electrons. The van der Waals surface area contributed by atoms with E-state index in [1.54, 1.807) is 0 Å². The number of hydrogen-bond acceptors (Lipinski definition) is 2. The molecule has 0 amide bonds. The van der Waals surface area contributed by atoms with E-state index in [0.717, 1.165) is 41.4 Å². The van der Waals surface area contributed by atoms with E-state index in [1.807, 2.05) is 19.2 Å². The van der Waals surface area contributed by atoms with Crippen molar-refractivity contribution in [3.8, 4) is 0 Å². The predicted molar refractivity (Wildman–Crippen MR) is 85.2 cm³/mol. The lowest BCUT2D eigenvalue weighted by molar-refractivity contribution is 0.506. The summed E-state index contributed by atoms with van der Waals surface area (Å²) in [5.41, 5.74) is 3.12. The summed E-state index contributed by atoms with van der Waals surface area (Å²) < 4.78 is 2.19. The minimum atomic E-state index is -0.0892. The van der Waals surface area contributed by atoms with Crippen LogP contribution in [0, 0.1) is 12.8 Å². The Morgan fingerprint density at radius 2 is 2.00 bits per heavy atom. The van der Waals surface area contributed by atoms with E-state index >= 15 is 0 Å².